The van der Waals surface area contributed by atoms with Crippen molar-refractivity contribution in [3.8, 4) is 0 Å². The molecule has 1 aromatic rings. The third-order valence-electron chi connectivity index (χ3n) is 5.84. The zero-order chi connectivity index (χ0) is 18.0. The van der Waals surface area contributed by atoms with E-state index in [1.165, 1.54) is 11.1 Å². The Hall–Kier alpha value is -2.04. The van der Waals surface area contributed by atoms with Crippen molar-refractivity contribution >= 4 is 11.9 Å². The molecule has 0 bridgehead atoms. The molecule has 25 heavy (non-hydrogen) atoms. The van der Waals surface area contributed by atoms with Crippen LogP contribution in [0, 0.1) is 5.92 Å². The zero-order valence-corrected chi connectivity index (χ0v) is 15.4. The van der Waals surface area contributed by atoms with Crippen molar-refractivity contribution in [1.82, 2.24) is 16.0 Å². The van der Waals surface area contributed by atoms with E-state index < -0.39 is 0 Å². The molecule has 3 rings (SSSR count). The Morgan fingerprint density at radius 3 is 2.60 bits per heavy atom. The summed E-state index contributed by atoms with van der Waals surface area (Å²) in [4.78, 5) is 24.5. The minimum atomic E-state index is -0.166. The lowest BCUT2D eigenvalue weighted by molar-refractivity contribution is -0.124. The summed E-state index contributed by atoms with van der Waals surface area (Å²) in [5.41, 5.74) is 2.67. The van der Waals surface area contributed by atoms with Crippen LogP contribution in [0.1, 0.15) is 63.1 Å². The van der Waals surface area contributed by atoms with Gasteiger partial charge in [-0.15, -0.1) is 0 Å². The average Bonchev–Trinajstić information content (AvgIpc) is 3.05. The predicted molar refractivity (Wildman–Crippen MR) is 98.3 cm³/mol. The number of carbonyl (C=O) groups excluding carboxylic acids is 2. The number of rotatable bonds is 3. The third-order valence-corrected chi connectivity index (χ3v) is 5.84. The van der Waals surface area contributed by atoms with Gasteiger partial charge in [0.2, 0.25) is 5.91 Å². The van der Waals surface area contributed by atoms with E-state index in [9.17, 15) is 9.59 Å². The molecule has 3 amide bonds. The lowest BCUT2D eigenvalue weighted by Gasteiger charge is -2.37. The summed E-state index contributed by atoms with van der Waals surface area (Å²) < 4.78 is 0. The maximum absolute atomic E-state index is 12.5. The number of urea groups is 1. The van der Waals surface area contributed by atoms with Gasteiger partial charge >= 0.3 is 6.03 Å². The quantitative estimate of drug-likeness (QED) is 0.789. The number of benzene rings is 1. The summed E-state index contributed by atoms with van der Waals surface area (Å²) in [6.45, 7) is 4.52. The average molecular weight is 343 g/mol. The second kappa shape index (κ2) is 7.06. The van der Waals surface area contributed by atoms with Gasteiger partial charge in [0, 0.05) is 13.1 Å². The van der Waals surface area contributed by atoms with Crippen molar-refractivity contribution in [2.45, 2.75) is 63.5 Å². The van der Waals surface area contributed by atoms with E-state index in [1.807, 2.05) is 6.07 Å². The van der Waals surface area contributed by atoms with E-state index in [4.69, 9.17) is 0 Å². The van der Waals surface area contributed by atoms with Crippen LogP contribution in [-0.2, 0) is 10.2 Å². The van der Waals surface area contributed by atoms with E-state index in [0.29, 0.717) is 0 Å². The highest BCUT2D eigenvalue weighted by atomic mass is 16.2. The minimum Gasteiger partial charge on any atom is -0.359 e. The topological polar surface area (TPSA) is 70.2 Å². The normalized spacial score (nSPS) is 27.2. The molecular weight excluding hydrogens is 314 g/mol. The Labute approximate surface area is 150 Å². The van der Waals surface area contributed by atoms with E-state index in [-0.39, 0.29) is 35.4 Å². The Morgan fingerprint density at radius 2 is 1.84 bits per heavy atom. The van der Waals surface area contributed by atoms with Crippen LogP contribution in [0.2, 0.25) is 0 Å². The molecule has 0 aliphatic heterocycles. The fourth-order valence-electron chi connectivity index (χ4n) is 4.36. The second-order valence-electron chi connectivity index (χ2n) is 7.94. The van der Waals surface area contributed by atoms with Gasteiger partial charge in [-0.2, -0.15) is 0 Å². The summed E-state index contributed by atoms with van der Waals surface area (Å²) in [7, 11) is 1.65. The van der Waals surface area contributed by atoms with Crippen molar-refractivity contribution in [1.29, 1.82) is 0 Å². The first-order valence-electron chi connectivity index (χ1n) is 9.30. The van der Waals surface area contributed by atoms with Gasteiger partial charge in [0.25, 0.3) is 0 Å². The van der Waals surface area contributed by atoms with Gasteiger partial charge in [0.05, 0.1) is 12.0 Å². The third kappa shape index (κ3) is 3.65. The lowest BCUT2D eigenvalue weighted by Crippen LogP contribution is -2.48. The van der Waals surface area contributed by atoms with Gasteiger partial charge < -0.3 is 16.0 Å². The molecule has 0 saturated heterocycles. The number of hydrogen-bond donors (Lipinski definition) is 3. The van der Waals surface area contributed by atoms with Crippen molar-refractivity contribution < 1.29 is 9.59 Å². The number of amides is 3. The number of hydrogen-bond acceptors (Lipinski definition) is 2. The molecule has 0 spiro atoms. The molecular formula is C20H29N3O2. The summed E-state index contributed by atoms with van der Waals surface area (Å²) >= 11 is 0. The molecule has 5 heteroatoms. The molecule has 1 aromatic carbocycles. The summed E-state index contributed by atoms with van der Waals surface area (Å²) in [6, 6.07) is 8.17. The fraction of sp³-hybridized carbons (Fsp3) is 0.600. The Morgan fingerprint density at radius 1 is 1.08 bits per heavy atom. The summed E-state index contributed by atoms with van der Waals surface area (Å²) in [6.07, 6.45) is 4.65. The van der Waals surface area contributed by atoms with E-state index in [0.717, 1.165) is 32.1 Å². The monoisotopic (exact) mass is 343 g/mol. The summed E-state index contributed by atoms with van der Waals surface area (Å²) in [5, 5.41) is 8.87. The Bertz CT molecular complexity index is 656. The molecule has 2 aliphatic rings. The number of carbonyl (C=O) groups is 2. The fourth-order valence-corrected chi connectivity index (χ4v) is 4.36. The maximum atomic E-state index is 12.5. The Balaban J connectivity index is 1.67. The second-order valence-corrected chi connectivity index (χ2v) is 7.94. The van der Waals surface area contributed by atoms with Crippen LogP contribution < -0.4 is 16.0 Å². The first-order valence-corrected chi connectivity index (χ1v) is 9.30. The van der Waals surface area contributed by atoms with Gasteiger partial charge in [0.15, 0.2) is 0 Å². The van der Waals surface area contributed by atoms with Gasteiger partial charge in [-0.3, -0.25) is 4.79 Å². The highest BCUT2D eigenvalue weighted by molar-refractivity contribution is 5.81. The van der Waals surface area contributed by atoms with E-state index in [2.05, 4.69) is 48.0 Å². The van der Waals surface area contributed by atoms with Gasteiger partial charge in [-0.25, -0.2) is 4.79 Å². The molecule has 3 atom stereocenters. The standard InChI is InChI=1S/C20H29N3O2/c1-20(2)12-11-17(13-7-4-5-9-15(13)20)23-19(25)22-16-10-6-8-14(16)18(24)21-3/h4-5,7,9,14,16-17H,6,8,10-12H2,1-3H3,(H,21,24)(H2,22,23,25). The largest absolute Gasteiger partial charge is 0.359 e. The van der Waals surface area contributed by atoms with Crippen LogP contribution in [0.5, 0.6) is 0 Å². The van der Waals surface area contributed by atoms with Crippen LogP contribution in [0.25, 0.3) is 0 Å². The first-order chi connectivity index (χ1) is 11.9. The molecule has 3 unspecified atom stereocenters. The van der Waals surface area contributed by atoms with E-state index in [1.54, 1.807) is 7.05 Å². The molecule has 3 N–H and O–H groups in total. The van der Waals surface area contributed by atoms with Crippen molar-refractivity contribution in [3.05, 3.63) is 35.4 Å². The Kier molecular flexibility index (Phi) is 5.02. The van der Waals surface area contributed by atoms with Crippen LogP contribution >= 0.6 is 0 Å². The predicted octanol–water partition coefficient (Wildman–Crippen LogP) is 3.01. The van der Waals surface area contributed by atoms with Crippen LogP contribution in [-0.4, -0.2) is 25.0 Å². The lowest BCUT2D eigenvalue weighted by atomic mass is 9.71. The molecule has 1 fully saturated rings. The SMILES string of the molecule is CNC(=O)C1CCCC1NC(=O)NC1CCC(C)(C)c2ccccc21. The minimum absolute atomic E-state index is 0.0209. The van der Waals surface area contributed by atoms with Gasteiger partial charge in [-0.1, -0.05) is 44.5 Å². The molecule has 0 aromatic heterocycles. The summed E-state index contributed by atoms with van der Waals surface area (Å²) in [5.74, 6) is -0.0964. The zero-order valence-electron chi connectivity index (χ0n) is 15.4. The molecule has 0 heterocycles. The van der Waals surface area contributed by atoms with Crippen molar-refractivity contribution in [2.75, 3.05) is 7.05 Å². The molecule has 1 saturated carbocycles. The smallest absolute Gasteiger partial charge is 0.315 e. The van der Waals surface area contributed by atoms with Crippen molar-refractivity contribution in [2.24, 2.45) is 5.92 Å². The maximum Gasteiger partial charge on any atom is 0.315 e. The number of nitrogens with one attached hydrogen (secondary N) is 3. The highest BCUT2D eigenvalue weighted by Crippen LogP contribution is 2.41. The highest BCUT2D eigenvalue weighted by Gasteiger charge is 2.35. The van der Waals surface area contributed by atoms with E-state index >= 15 is 0 Å². The van der Waals surface area contributed by atoms with Crippen LogP contribution in [0.3, 0.4) is 0 Å². The number of fused-ring (bicyclic) bond motifs is 1. The molecule has 0 radical (unpaired) electrons. The molecule has 136 valence electrons. The van der Waals surface area contributed by atoms with Gasteiger partial charge in [0.1, 0.15) is 0 Å². The first kappa shape index (κ1) is 17.8. The van der Waals surface area contributed by atoms with Crippen LogP contribution in [0.15, 0.2) is 24.3 Å². The van der Waals surface area contributed by atoms with Crippen molar-refractivity contribution in [3.63, 3.8) is 0 Å². The van der Waals surface area contributed by atoms with Gasteiger partial charge in [-0.05, 0) is 42.2 Å². The van der Waals surface area contributed by atoms with Crippen LogP contribution in [0.4, 0.5) is 4.79 Å². The molecule has 5 nitrogen and oxygen atoms in total. The molecule has 2 aliphatic carbocycles.